The van der Waals surface area contributed by atoms with Crippen LogP contribution in [0.1, 0.15) is 60.0 Å². The number of hydrogen-bond acceptors (Lipinski definition) is 5. The highest BCUT2D eigenvalue weighted by Crippen LogP contribution is 2.30. The first kappa shape index (κ1) is 19.1. The third kappa shape index (κ3) is 3.69. The van der Waals surface area contributed by atoms with E-state index in [1.54, 1.807) is 4.90 Å². The van der Waals surface area contributed by atoms with Gasteiger partial charge >= 0.3 is 0 Å². The minimum atomic E-state index is -0.560. The van der Waals surface area contributed by atoms with Gasteiger partial charge in [-0.05, 0) is 56.3 Å². The molecule has 1 aromatic rings. The van der Waals surface area contributed by atoms with E-state index in [9.17, 15) is 14.4 Å². The standard InChI is InChI=1S/C21H28N4O3/c1-22-14-5-7-15(8-6-14)23-11-13-3-2-4-16-17(13)12-25(21(16)28)18-9-10-19(26)24-20(18)27/h2-4,14-15,18,22-23H,5-12H2,1H3,(H,24,26,27). The third-order valence-electron chi connectivity index (χ3n) is 6.40. The van der Waals surface area contributed by atoms with E-state index >= 15 is 0 Å². The van der Waals surface area contributed by atoms with Gasteiger partial charge in [-0.2, -0.15) is 0 Å². The predicted octanol–water partition coefficient (Wildman–Crippen LogP) is 1.07. The molecule has 2 heterocycles. The number of imide groups is 1. The predicted molar refractivity (Wildman–Crippen MR) is 104 cm³/mol. The van der Waals surface area contributed by atoms with E-state index in [0.29, 0.717) is 30.6 Å². The Bertz CT molecular complexity index is 786. The van der Waals surface area contributed by atoms with Gasteiger partial charge < -0.3 is 15.5 Å². The Labute approximate surface area is 165 Å². The smallest absolute Gasteiger partial charge is 0.255 e. The number of amides is 3. The monoisotopic (exact) mass is 384 g/mol. The molecular formula is C21H28N4O3. The molecule has 28 heavy (non-hydrogen) atoms. The quantitative estimate of drug-likeness (QED) is 0.661. The fourth-order valence-electron chi connectivity index (χ4n) is 4.66. The average Bonchev–Trinajstić information content (AvgIpc) is 3.04. The van der Waals surface area contributed by atoms with Crippen molar-refractivity contribution in [2.24, 2.45) is 0 Å². The molecule has 7 nitrogen and oxygen atoms in total. The minimum Gasteiger partial charge on any atom is -0.322 e. The molecular weight excluding hydrogens is 356 g/mol. The van der Waals surface area contributed by atoms with E-state index in [-0.39, 0.29) is 24.1 Å². The Balaban J connectivity index is 1.43. The van der Waals surface area contributed by atoms with Gasteiger partial charge in [-0.1, -0.05) is 12.1 Å². The van der Waals surface area contributed by atoms with Crippen LogP contribution in [0.2, 0.25) is 0 Å². The van der Waals surface area contributed by atoms with Crippen LogP contribution in [0.5, 0.6) is 0 Å². The maximum absolute atomic E-state index is 12.9. The number of nitrogens with one attached hydrogen (secondary N) is 3. The SMILES string of the molecule is CNC1CCC(NCc2cccc3c2CN(C2CCC(=O)NC2=O)C3=O)CC1. The van der Waals surface area contributed by atoms with Crippen LogP contribution in [0.15, 0.2) is 18.2 Å². The number of fused-ring (bicyclic) bond motifs is 1. The zero-order valence-electron chi connectivity index (χ0n) is 16.3. The highest BCUT2D eigenvalue weighted by atomic mass is 16.2. The summed E-state index contributed by atoms with van der Waals surface area (Å²) in [5.74, 6) is -0.734. The molecule has 3 aliphatic rings. The molecule has 7 heteroatoms. The molecule has 3 N–H and O–H groups in total. The first-order valence-electron chi connectivity index (χ1n) is 10.2. The van der Waals surface area contributed by atoms with Crippen molar-refractivity contribution in [3.8, 4) is 0 Å². The lowest BCUT2D eigenvalue weighted by atomic mass is 9.91. The molecule has 0 aromatic heterocycles. The van der Waals surface area contributed by atoms with Crippen LogP contribution in [0.4, 0.5) is 0 Å². The Morgan fingerprint density at radius 2 is 1.82 bits per heavy atom. The molecule has 2 fully saturated rings. The lowest BCUT2D eigenvalue weighted by molar-refractivity contribution is -0.136. The number of benzene rings is 1. The molecule has 0 bridgehead atoms. The number of rotatable bonds is 5. The topological polar surface area (TPSA) is 90.5 Å². The fraction of sp³-hybridized carbons (Fsp3) is 0.571. The third-order valence-corrected chi connectivity index (χ3v) is 6.40. The molecule has 2 aliphatic heterocycles. The summed E-state index contributed by atoms with van der Waals surface area (Å²) in [4.78, 5) is 38.1. The van der Waals surface area contributed by atoms with E-state index in [0.717, 1.165) is 30.5 Å². The molecule has 3 amide bonds. The molecule has 1 atom stereocenters. The Hall–Kier alpha value is -2.25. The van der Waals surface area contributed by atoms with Gasteiger partial charge in [-0.3, -0.25) is 19.7 Å². The lowest BCUT2D eigenvalue weighted by Gasteiger charge is -2.30. The second-order valence-electron chi connectivity index (χ2n) is 8.06. The maximum atomic E-state index is 12.9. The van der Waals surface area contributed by atoms with Crippen molar-refractivity contribution in [2.45, 2.75) is 69.7 Å². The van der Waals surface area contributed by atoms with E-state index in [2.05, 4.69) is 22.0 Å². The largest absolute Gasteiger partial charge is 0.322 e. The zero-order valence-corrected chi connectivity index (χ0v) is 16.3. The lowest BCUT2D eigenvalue weighted by Crippen LogP contribution is -2.52. The van der Waals surface area contributed by atoms with Crippen molar-refractivity contribution in [2.75, 3.05) is 7.05 Å². The van der Waals surface area contributed by atoms with E-state index in [1.165, 1.54) is 12.8 Å². The second-order valence-corrected chi connectivity index (χ2v) is 8.06. The summed E-state index contributed by atoms with van der Waals surface area (Å²) in [5, 5.41) is 9.36. The van der Waals surface area contributed by atoms with Crippen LogP contribution >= 0.6 is 0 Å². The van der Waals surface area contributed by atoms with Gasteiger partial charge in [0.2, 0.25) is 11.8 Å². The fourth-order valence-corrected chi connectivity index (χ4v) is 4.66. The van der Waals surface area contributed by atoms with Crippen molar-refractivity contribution in [3.63, 3.8) is 0 Å². The number of piperidine rings is 1. The summed E-state index contributed by atoms with van der Waals surface area (Å²) in [7, 11) is 2.02. The number of hydrogen-bond donors (Lipinski definition) is 3. The average molecular weight is 384 g/mol. The molecule has 1 saturated carbocycles. The van der Waals surface area contributed by atoms with Crippen molar-refractivity contribution < 1.29 is 14.4 Å². The van der Waals surface area contributed by atoms with Crippen molar-refractivity contribution in [1.29, 1.82) is 0 Å². The molecule has 1 saturated heterocycles. The minimum absolute atomic E-state index is 0.110. The van der Waals surface area contributed by atoms with E-state index < -0.39 is 6.04 Å². The highest BCUT2D eigenvalue weighted by Gasteiger charge is 2.39. The molecule has 4 rings (SSSR count). The first-order chi connectivity index (χ1) is 13.6. The summed E-state index contributed by atoms with van der Waals surface area (Å²) < 4.78 is 0. The summed E-state index contributed by atoms with van der Waals surface area (Å²) in [6.07, 6.45) is 5.35. The molecule has 150 valence electrons. The Morgan fingerprint density at radius 3 is 2.54 bits per heavy atom. The Kier molecular flexibility index (Phi) is 5.46. The zero-order chi connectivity index (χ0) is 19.7. The number of carbonyl (C=O) groups is 3. The summed E-state index contributed by atoms with van der Waals surface area (Å²) >= 11 is 0. The van der Waals surface area contributed by atoms with Gasteiger partial charge in [-0.15, -0.1) is 0 Å². The molecule has 0 spiro atoms. The normalized spacial score (nSPS) is 27.7. The van der Waals surface area contributed by atoms with Gasteiger partial charge in [-0.25, -0.2) is 0 Å². The molecule has 0 radical (unpaired) electrons. The van der Waals surface area contributed by atoms with Crippen LogP contribution in [0.3, 0.4) is 0 Å². The van der Waals surface area contributed by atoms with E-state index in [1.807, 2.05) is 19.2 Å². The van der Waals surface area contributed by atoms with Gasteiger partial charge in [0.05, 0.1) is 0 Å². The van der Waals surface area contributed by atoms with Crippen molar-refractivity contribution in [3.05, 3.63) is 34.9 Å². The number of nitrogens with zero attached hydrogens (tertiary/aromatic N) is 1. The second kappa shape index (κ2) is 8.01. The van der Waals surface area contributed by atoms with Gasteiger partial charge in [0, 0.05) is 37.2 Å². The van der Waals surface area contributed by atoms with Gasteiger partial charge in [0.25, 0.3) is 5.91 Å². The van der Waals surface area contributed by atoms with Crippen LogP contribution in [-0.2, 0) is 22.7 Å². The van der Waals surface area contributed by atoms with Crippen molar-refractivity contribution >= 4 is 17.7 Å². The van der Waals surface area contributed by atoms with Gasteiger partial charge in [0.1, 0.15) is 6.04 Å². The Morgan fingerprint density at radius 1 is 1.07 bits per heavy atom. The summed E-state index contributed by atoms with van der Waals surface area (Å²) in [6, 6.07) is 6.38. The highest BCUT2D eigenvalue weighted by molar-refractivity contribution is 6.05. The summed E-state index contributed by atoms with van der Waals surface area (Å²) in [5.41, 5.74) is 2.81. The van der Waals surface area contributed by atoms with Crippen LogP contribution in [0, 0.1) is 0 Å². The van der Waals surface area contributed by atoms with Crippen molar-refractivity contribution in [1.82, 2.24) is 20.9 Å². The van der Waals surface area contributed by atoms with Crippen LogP contribution in [0.25, 0.3) is 0 Å². The first-order valence-corrected chi connectivity index (χ1v) is 10.2. The number of carbonyl (C=O) groups excluding carboxylic acids is 3. The maximum Gasteiger partial charge on any atom is 0.255 e. The van der Waals surface area contributed by atoms with Crippen LogP contribution in [-0.4, -0.2) is 47.8 Å². The summed E-state index contributed by atoms with van der Waals surface area (Å²) in [6.45, 7) is 1.17. The van der Waals surface area contributed by atoms with Gasteiger partial charge in [0.15, 0.2) is 0 Å². The molecule has 1 unspecified atom stereocenters. The molecule has 1 aliphatic carbocycles. The molecule has 1 aromatic carbocycles. The van der Waals surface area contributed by atoms with Crippen LogP contribution < -0.4 is 16.0 Å². The van der Waals surface area contributed by atoms with E-state index in [4.69, 9.17) is 0 Å².